The van der Waals surface area contributed by atoms with E-state index in [1.54, 1.807) is 36.4 Å². The van der Waals surface area contributed by atoms with Gasteiger partial charge in [-0.1, -0.05) is 0 Å². The van der Waals surface area contributed by atoms with E-state index < -0.39 is 10.0 Å². The predicted octanol–water partition coefficient (Wildman–Crippen LogP) is 4.38. The Hall–Kier alpha value is -2.59. The van der Waals surface area contributed by atoms with Crippen LogP contribution in [0.1, 0.15) is 10.4 Å². The molecule has 150 valence electrons. The zero-order valence-corrected chi connectivity index (χ0v) is 18.8. The molecule has 3 aromatic carbocycles. The average Bonchev–Trinajstić information content (AvgIpc) is 2.75. The molecule has 3 aromatic rings. The number of sulfonamides is 1. The van der Waals surface area contributed by atoms with Crippen molar-refractivity contribution in [3.05, 3.63) is 81.9 Å². The van der Waals surface area contributed by atoms with Crippen molar-refractivity contribution in [2.75, 3.05) is 23.8 Å². The van der Waals surface area contributed by atoms with Crippen molar-refractivity contribution in [3.63, 3.8) is 0 Å². The van der Waals surface area contributed by atoms with E-state index >= 15 is 0 Å². The minimum absolute atomic E-state index is 0.154. The molecular weight excluding hydrogens is 503 g/mol. The lowest BCUT2D eigenvalue weighted by Gasteiger charge is -2.20. The molecule has 1 amide bonds. The number of anilines is 2. The van der Waals surface area contributed by atoms with Crippen LogP contribution in [-0.2, 0) is 10.0 Å². The van der Waals surface area contributed by atoms with E-state index in [0.29, 0.717) is 22.7 Å². The van der Waals surface area contributed by atoms with E-state index in [2.05, 4.69) is 27.9 Å². The van der Waals surface area contributed by atoms with Crippen molar-refractivity contribution >= 4 is 49.9 Å². The molecule has 0 heterocycles. The van der Waals surface area contributed by atoms with Crippen molar-refractivity contribution in [3.8, 4) is 5.75 Å². The summed E-state index contributed by atoms with van der Waals surface area (Å²) < 4.78 is 33.0. The van der Waals surface area contributed by atoms with Gasteiger partial charge in [0.05, 0.1) is 17.7 Å². The van der Waals surface area contributed by atoms with Gasteiger partial charge in [0.1, 0.15) is 5.75 Å². The lowest BCUT2D eigenvalue weighted by Crippen LogP contribution is -2.26. The first-order chi connectivity index (χ1) is 13.8. The molecule has 0 unspecified atom stereocenters. The lowest BCUT2D eigenvalue weighted by molar-refractivity contribution is 0.102. The Morgan fingerprint density at radius 1 is 0.931 bits per heavy atom. The van der Waals surface area contributed by atoms with Gasteiger partial charge >= 0.3 is 0 Å². The maximum Gasteiger partial charge on any atom is 0.264 e. The van der Waals surface area contributed by atoms with Crippen molar-refractivity contribution in [1.29, 1.82) is 0 Å². The number of amides is 1. The standard InChI is InChI=1S/C21H19IN2O4S/c1-24(29(26,27)20-13-11-19(28-2)12-14-20)18-9-3-15(4-10-18)21(25)23-17-7-5-16(22)6-8-17/h3-14H,1-2H3,(H,23,25). The molecule has 0 aliphatic rings. The number of halogens is 1. The molecule has 8 heteroatoms. The highest BCUT2D eigenvalue weighted by Crippen LogP contribution is 2.24. The summed E-state index contributed by atoms with van der Waals surface area (Å²) in [4.78, 5) is 12.6. The number of hydrogen-bond donors (Lipinski definition) is 1. The molecule has 0 aliphatic carbocycles. The second kappa shape index (κ2) is 8.83. The predicted molar refractivity (Wildman–Crippen MR) is 122 cm³/mol. The van der Waals surface area contributed by atoms with Crippen LogP contribution < -0.4 is 14.4 Å². The Morgan fingerprint density at radius 2 is 1.52 bits per heavy atom. The maximum atomic E-state index is 12.8. The minimum Gasteiger partial charge on any atom is -0.497 e. The Bertz CT molecular complexity index is 1100. The molecule has 0 aliphatic heterocycles. The van der Waals surface area contributed by atoms with Crippen LogP contribution in [0.3, 0.4) is 0 Å². The fourth-order valence-electron chi connectivity index (χ4n) is 2.60. The molecular formula is C21H19IN2O4S. The third-order valence-corrected chi connectivity index (χ3v) is 6.83. The van der Waals surface area contributed by atoms with Gasteiger partial charge in [0.2, 0.25) is 0 Å². The van der Waals surface area contributed by atoms with E-state index in [1.165, 1.54) is 30.6 Å². The third kappa shape index (κ3) is 4.88. The van der Waals surface area contributed by atoms with Gasteiger partial charge in [-0.05, 0) is 95.4 Å². The second-order valence-electron chi connectivity index (χ2n) is 6.16. The third-order valence-electron chi connectivity index (χ3n) is 4.31. The van der Waals surface area contributed by atoms with E-state index in [0.717, 1.165) is 3.57 Å². The van der Waals surface area contributed by atoms with Crippen molar-refractivity contribution in [1.82, 2.24) is 0 Å². The van der Waals surface area contributed by atoms with Crippen molar-refractivity contribution in [2.45, 2.75) is 4.90 Å². The van der Waals surface area contributed by atoms with E-state index in [1.807, 2.05) is 24.3 Å². The largest absolute Gasteiger partial charge is 0.497 e. The van der Waals surface area contributed by atoms with Crippen molar-refractivity contribution < 1.29 is 17.9 Å². The first kappa shape index (κ1) is 21.1. The summed E-state index contributed by atoms with van der Waals surface area (Å²) in [6.07, 6.45) is 0. The van der Waals surface area contributed by atoms with Crippen molar-refractivity contribution in [2.24, 2.45) is 0 Å². The van der Waals surface area contributed by atoms with Gasteiger partial charge < -0.3 is 10.1 Å². The van der Waals surface area contributed by atoms with Crippen LogP contribution >= 0.6 is 22.6 Å². The molecule has 1 N–H and O–H groups in total. The number of carbonyl (C=O) groups is 1. The highest BCUT2D eigenvalue weighted by molar-refractivity contribution is 14.1. The van der Waals surface area contributed by atoms with Crippen LogP contribution in [0.5, 0.6) is 5.75 Å². The number of ether oxygens (including phenoxy) is 1. The average molecular weight is 522 g/mol. The van der Waals surface area contributed by atoms with Crippen LogP contribution in [0, 0.1) is 3.57 Å². The quantitative estimate of drug-likeness (QED) is 0.488. The van der Waals surface area contributed by atoms with Crippen LogP contribution in [0.15, 0.2) is 77.7 Å². The highest BCUT2D eigenvalue weighted by atomic mass is 127. The molecule has 0 atom stereocenters. The van der Waals surface area contributed by atoms with Gasteiger partial charge in [-0.15, -0.1) is 0 Å². The fourth-order valence-corrected chi connectivity index (χ4v) is 4.16. The van der Waals surface area contributed by atoms with E-state index in [-0.39, 0.29) is 10.8 Å². The van der Waals surface area contributed by atoms with Crippen LogP contribution in [0.25, 0.3) is 0 Å². The summed E-state index contributed by atoms with van der Waals surface area (Å²) in [5.41, 5.74) is 1.58. The first-order valence-electron chi connectivity index (χ1n) is 8.61. The Morgan fingerprint density at radius 3 is 2.07 bits per heavy atom. The smallest absolute Gasteiger partial charge is 0.264 e. The van der Waals surface area contributed by atoms with Gasteiger partial charge in [-0.25, -0.2) is 8.42 Å². The zero-order chi connectivity index (χ0) is 21.0. The van der Waals surface area contributed by atoms with Gasteiger partial charge in [0.25, 0.3) is 15.9 Å². The number of rotatable bonds is 6. The number of nitrogens with one attached hydrogen (secondary N) is 1. The molecule has 0 saturated heterocycles. The van der Waals surface area contributed by atoms with Gasteiger partial charge in [0.15, 0.2) is 0 Å². The summed E-state index contributed by atoms with van der Waals surface area (Å²) >= 11 is 2.19. The van der Waals surface area contributed by atoms with Gasteiger partial charge in [-0.3, -0.25) is 9.10 Å². The lowest BCUT2D eigenvalue weighted by atomic mass is 10.2. The molecule has 0 saturated carbocycles. The second-order valence-corrected chi connectivity index (χ2v) is 9.37. The van der Waals surface area contributed by atoms with E-state index in [9.17, 15) is 13.2 Å². The van der Waals surface area contributed by atoms with Crippen LogP contribution in [-0.4, -0.2) is 28.5 Å². The molecule has 0 bridgehead atoms. The molecule has 3 rings (SSSR count). The number of methoxy groups -OCH3 is 1. The molecule has 0 aromatic heterocycles. The summed E-state index contributed by atoms with van der Waals surface area (Å²) in [7, 11) is -0.734. The van der Waals surface area contributed by atoms with Crippen LogP contribution in [0.2, 0.25) is 0 Å². The topological polar surface area (TPSA) is 75.7 Å². The van der Waals surface area contributed by atoms with Crippen LogP contribution in [0.4, 0.5) is 11.4 Å². The molecule has 0 spiro atoms. The van der Waals surface area contributed by atoms with Gasteiger partial charge in [-0.2, -0.15) is 0 Å². The molecule has 29 heavy (non-hydrogen) atoms. The number of benzene rings is 3. The number of hydrogen-bond acceptors (Lipinski definition) is 4. The number of nitrogens with zero attached hydrogens (tertiary/aromatic N) is 1. The summed E-state index contributed by atoms with van der Waals surface area (Å²) in [5, 5.41) is 2.82. The Balaban J connectivity index is 1.75. The summed E-state index contributed by atoms with van der Waals surface area (Å²) in [6, 6.07) is 20.0. The number of carbonyl (C=O) groups excluding carboxylic acids is 1. The molecule has 0 fully saturated rings. The zero-order valence-electron chi connectivity index (χ0n) is 15.8. The van der Waals surface area contributed by atoms with E-state index in [4.69, 9.17) is 4.74 Å². The Kier molecular flexibility index (Phi) is 6.43. The van der Waals surface area contributed by atoms with Gasteiger partial charge in [0, 0.05) is 21.9 Å². The normalized spacial score (nSPS) is 11.0. The summed E-state index contributed by atoms with van der Waals surface area (Å²) in [5.74, 6) is 0.313. The molecule has 6 nitrogen and oxygen atoms in total. The maximum absolute atomic E-state index is 12.8. The molecule has 0 radical (unpaired) electrons. The monoisotopic (exact) mass is 522 g/mol. The summed E-state index contributed by atoms with van der Waals surface area (Å²) in [6.45, 7) is 0. The highest BCUT2D eigenvalue weighted by Gasteiger charge is 2.21. The Labute approximate surface area is 183 Å². The minimum atomic E-state index is -3.73. The first-order valence-corrected chi connectivity index (χ1v) is 11.1. The SMILES string of the molecule is COc1ccc(S(=O)(=O)N(C)c2ccc(C(=O)Nc3ccc(I)cc3)cc2)cc1. The fraction of sp³-hybridized carbons (Fsp3) is 0.0952.